The molecule has 0 amide bonds. The lowest BCUT2D eigenvalue weighted by molar-refractivity contribution is -0.152. The van der Waals surface area contributed by atoms with Gasteiger partial charge in [0.15, 0.2) is 0 Å². The summed E-state index contributed by atoms with van der Waals surface area (Å²) >= 11 is 0. The van der Waals surface area contributed by atoms with E-state index in [4.69, 9.17) is 4.74 Å². The second-order valence-electron chi connectivity index (χ2n) is 6.65. The fraction of sp³-hybridized carbons (Fsp3) is 0.900. The van der Waals surface area contributed by atoms with Crippen LogP contribution in [-0.4, -0.2) is 18.4 Å². The topological polar surface area (TPSA) is 43.4 Å². The number of rotatable bonds is 16. The molecule has 0 aromatic heterocycles. The molecule has 3 heteroatoms. The fourth-order valence-electron chi connectivity index (χ4n) is 2.74. The van der Waals surface area contributed by atoms with E-state index in [1.165, 1.54) is 58.3 Å². The van der Waals surface area contributed by atoms with E-state index in [-0.39, 0.29) is 11.8 Å². The molecule has 23 heavy (non-hydrogen) atoms. The van der Waals surface area contributed by atoms with E-state index in [2.05, 4.69) is 13.8 Å². The number of hydrogen-bond acceptors (Lipinski definition) is 3. The van der Waals surface area contributed by atoms with Crippen molar-refractivity contribution >= 4 is 11.8 Å². The van der Waals surface area contributed by atoms with Crippen LogP contribution in [0.1, 0.15) is 104 Å². The van der Waals surface area contributed by atoms with E-state index in [0.717, 1.165) is 25.7 Å². The van der Waals surface area contributed by atoms with Gasteiger partial charge in [0.25, 0.3) is 0 Å². The lowest BCUT2D eigenvalue weighted by atomic mass is 9.97. The maximum atomic E-state index is 11.9. The predicted molar refractivity (Wildman–Crippen MR) is 96.5 cm³/mol. The maximum absolute atomic E-state index is 11.9. The first-order valence-electron chi connectivity index (χ1n) is 9.80. The zero-order chi connectivity index (χ0) is 17.3. The molecular weight excluding hydrogens is 288 g/mol. The highest BCUT2D eigenvalue weighted by Crippen LogP contribution is 2.16. The third-order valence-electron chi connectivity index (χ3n) is 4.36. The number of Topliss-reactive ketones (excluding diaryl/α,β-unsaturated/α-hetero) is 1. The molecule has 0 spiro atoms. The molecule has 0 saturated heterocycles. The Bertz CT molecular complexity index is 299. The first kappa shape index (κ1) is 22.1. The minimum Gasteiger partial charge on any atom is -0.465 e. The van der Waals surface area contributed by atoms with Crippen LogP contribution in [0.3, 0.4) is 0 Å². The van der Waals surface area contributed by atoms with Crippen LogP contribution in [-0.2, 0) is 14.3 Å². The molecule has 0 fully saturated rings. The van der Waals surface area contributed by atoms with Gasteiger partial charge in [-0.2, -0.15) is 0 Å². The van der Waals surface area contributed by atoms with E-state index >= 15 is 0 Å². The van der Waals surface area contributed by atoms with E-state index in [1.54, 1.807) is 0 Å². The summed E-state index contributed by atoms with van der Waals surface area (Å²) in [5, 5.41) is 0. The lowest BCUT2D eigenvalue weighted by Gasteiger charge is -2.13. The summed E-state index contributed by atoms with van der Waals surface area (Å²) in [5.41, 5.74) is 0. The second kappa shape index (κ2) is 16.0. The Hall–Kier alpha value is -0.860. The van der Waals surface area contributed by atoms with Crippen LogP contribution in [0.5, 0.6) is 0 Å². The van der Waals surface area contributed by atoms with Gasteiger partial charge < -0.3 is 4.74 Å². The Balaban J connectivity index is 3.64. The number of carbonyl (C=O) groups is 2. The number of carbonyl (C=O) groups excluding carboxylic acids is 2. The van der Waals surface area contributed by atoms with Crippen LogP contribution in [0.15, 0.2) is 0 Å². The maximum Gasteiger partial charge on any atom is 0.316 e. The molecule has 0 bridgehead atoms. The van der Waals surface area contributed by atoms with E-state index < -0.39 is 5.92 Å². The van der Waals surface area contributed by atoms with Gasteiger partial charge in [-0.05, 0) is 19.8 Å². The second-order valence-corrected chi connectivity index (χ2v) is 6.65. The van der Waals surface area contributed by atoms with Crippen molar-refractivity contribution in [2.45, 2.75) is 104 Å². The summed E-state index contributed by atoms with van der Waals surface area (Å²) in [6.45, 7) is 6.24. The molecule has 0 aliphatic heterocycles. The summed E-state index contributed by atoms with van der Waals surface area (Å²) in [4.78, 5) is 23.5. The molecule has 1 unspecified atom stereocenters. The van der Waals surface area contributed by atoms with Crippen LogP contribution in [0, 0.1) is 5.92 Å². The first-order chi connectivity index (χ1) is 11.1. The van der Waals surface area contributed by atoms with Crippen LogP contribution in [0.2, 0.25) is 0 Å². The molecule has 3 nitrogen and oxygen atoms in total. The predicted octanol–water partition coefficient (Wildman–Crippen LogP) is 5.85. The average Bonchev–Trinajstić information content (AvgIpc) is 2.52. The highest BCUT2D eigenvalue weighted by atomic mass is 16.5. The van der Waals surface area contributed by atoms with Crippen molar-refractivity contribution in [3.8, 4) is 0 Å². The summed E-state index contributed by atoms with van der Waals surface area (Å²) in [7, 11) is 0. The summed E-state index contributed by atoms with van der Waals surface area (Å²) < 4.78 is 5.19. The minimum absolute atomic E-state index is 0.0533. The molecule has 0 saturated carbocycles. The SMILES string of the molecule is CCCCCCCCCCCCC(C(C)=O)C(=O)OCCCC. The summed E-state index contributed by atoms with van der Waals surface area (Å²) in [6, 6.07) is 0. The Morgan fingerprint density at radius 3 is 1.70 bits per heavy atom. The quantitative estimate of drug-likeness (QED) is 0.203. The first-order valence-corrected chi connectivity index (χ1v) is 9.80. The molecule has 0 rings (SSSR count). The van der Waals surface area contributed by atoms with Crippen molar-refractivity contribution in [2.24, 2.45) is 5.92 Å². The smallest absolute Gasteiger partial charge is 0.316 e. The van der Waals surface area contributed by atoms with Crippen LogP contribution in [0.25, 0.3) is 0 Å². The highest BCUT2D eigenvalue weighted by Gasteiger charge is 2.24. The van der Waals surface area contributed by atoms with Crippen molar-refractivity contribution < 1.29 is 14.3 Å². The van der Waals surface area contributed by atoms with Gasteiger partial charge in [0, 0.05) is 0 Å². The third kappa shape index (κ3) is 13.3. The molecule has 136 valence electrons. The normalized spacial score (nSPS) is 12.1. The van der Waals surface area contributed by atoms with Crippen molar-refractivity contribution in [3.63, 3.8) is 0 Å². The molecule has 1 atom stereocenters. The fourth-order valence-corrected chi connectivity index (χ4v) is 2.74. The van der Waals surface area contributed by atoms with Gasteiger partial charge in [-0.1, -0.05) is 84.5 Å². The van der Waals surface area contributed by atoms with Gasteiger partial charge in [0.2, 0.25) is 0 Å². The van der Waals surface area contributed by atoms with Crippen molar-refractivity contribution in [2.75, 3.05) is 6.61 Å². The molecule has 0 aromatic rings. The number of hydrogen-bond donors (Lipinski definition) is 0. The lowest BCUT2D eigenvalue weighted by Crippen LogP contribution is -2.24. The Morgan fingerprint density at radius 1 is 0.739 bits per heavy atom. The Kier molecular flexibility index (Phi) is 15.4. The monoisotopic (exact) mass is 326 g/mol. The number of ketones is 1. The van der Waals surface area contributed by atoms with Gasteiger partial charge in [0.1, 0.15) is 11.7 Å². The number of ether oxygens (including phenoxy) is 1. The zero-order valence-corrected chi connectivity index (χ0v) is 15.7. The number of unbranched alkanes of at least 4 members (excludes halogenated alkanes) is 10. The molecule has 0 radical (unpaired) electrons. The van der Waals surface area contributed by atoms with Gasteiger partial charge >= 0.3 is 5.97 Å². The van der Waals surface area contributed by atoms with E-state index in [1.807, 2.05) is 0 Å². The third-order valence-corrected chi connectivity index (χ3v) is 4.36. The van der Waals surface area contributed by atoms with Crippen molar-refractivity contribution in [1.82, 2.24) is 0 Å². The molecule has 0 aliphatic rings. The Morgan fingerprint density at radius 2 is 1.22 bits per heavy atom. The van der Waals surface area contributed by atoms with Gasteiger partial charge in [-0.25, -0.2) is 0 Å². The zero-order valence-electron chi connectivity index (χ0n) is 15.7. The highest BCUT2D eigenvalue weighted by molar-refractivity contribution is 5.97. The van der Waals surface area contributed by atoms with Crippen LogP contribution >= 0.6 is 0 Å². The van der Waals surface area contributed by atoms with Crippen molar-refractivity contribution in [1.29, 1.82) is 0 Å². The molecular formula is C20H38O3. The standard InChI is InChI=1S/C20H38O3/c1-4-6-8-9-10-11-12-13-14-15-16-19(18(3)21)20(22)23-17-7-5-2/h19H,4-17H2,1-3H3. The van der Waals surface area contributed by atoms with Crippen LogP contribution < -0.4 is 0 Å². The minimum atomic E-state index is -0.541. The summed E-state index contributed by atoms with van der Waals surface area (Å²) in [5.74, 6) is -0.912. The summed E-state index contributed by atoms with van der Waals surface area (Å²) in [6.07, 6.45) is 15.1. The largest absolute Gasteiger partial charge is 0.465 e. The molecule has 0 aromatic carbocycles. The molecule has 0 N–H and O–H groups in total. The van der Waals surface area contributed by atoms with Gasteiger partial charge in [0.05, 0.1) is 6.61 Å². The molecule has 0 aliphatic carbocycles. The van der Waals surface area contributed by atoms with E-state index in [0.29, 0.717) is 13.0 Å². The van der Waals surface area contributed by atoms with Gasteiger partial charge in [-0.15, -0.1) is 0 Å². The van der Waals surface area contributed by atoms with Gasteiger partial charge in [-0.3, -0.25) is 9.59 Å². The number of esters is 1. The van der Waals surface area contributed by atoms with E-state index in [9.17, 15) is 9.59 Å². The van der Waals surface area contributed by atoms with Crippen LogP contribution in [0.4, 0.5) is 0 Å². The Labute approximate surface area is 143 Å². The molecule has 0 heterocycles. The average molecular weight is 327 g/mol. The van der Waals surface area contributed by atoms with Crippen molar-refractivity contribution in [3.05, 3.63) is 0 Å².